The molecule has 2 nitrogen and oxygen atoms in total. The van der Waals surface area contributed by atoms with Gasteiger partial charge in [-0.05, 0) is 69.5 Å². The van der Waals surface area contributed by atoms with Crippen molar-refractivity contribution in [1.82, 2.24) is 10.2 Å². The Morgan fingerprint density at radius 3 is 2.15 bits per heavy atom. The number of nitrogens with zero attached hydrogens (tertiary/aromatic N) is 1. The molecule has 1 aromatic carbocycles. The fraction of sp³-hybridized carbons (Fsp3) is 0.667. The lowest BCUT2D eigenvalue weighted by Gasteiger charge is -2.24. The Labute approximate surface area is 125 Å². The van der Waals surface area contributed by atoms with Gasteiger partial charge in [0.15, 0.2) is 0 Å². The summed E-state index contributed by atoms with van der Waals surface area (Å²) < 4.78 is 0. The molecule has 0 aromatic heterocycles. The molecular weight excluding hydrogens is 244 g/mol. The first-order chi connectivity index (χ1) is 9.29. The zero-order valence-electron chi connectivity index (χ0n) is 14.4. The third-order valence-corrected chi connectivity index (χ3v) is 3.87. The van der Waals surface area contributed by atoms with Gasteiger partial charge < -0.3 is 10.2 Å². The van der Waals surface area contributed by atoms with Crippen molar-refractivity contribution in [3.63, 3.8) is 0 Å². The van der Waals surface area contributed by atoms with Gasteiger partial charge in [-0.3, -0.25) is 0 Å². The Balaban J connectivity index is 2.69. The number of benzene rings is 1. The molecule has 114 valence electrons. The average molecular weight is 276 g/mol. The van der Waals surface area contributed by atoms with E-state index in [0.717, 1.165) is 19.0 Å². The van der Waals surface area contributed by atoms with Crippen molar-refractivity contribution in [2.24, 2.45) is 5.92 Å². The molecule has 2 heteroatoms. The maximum absolute atomic E-state index is 3.74. The minimum Gasteiger partial charge on any atom is -0.309 e. The van der Waals surface area contributed by atoms with Crippen LogP contribution in [0.4, 0.5) is 0 Å². The highest BCUT2D eigenvalue weighted by Gasteiger charge is 2.12. The summed E-state index contributed by atoms with van der Waals surface area (Å²) >= 11 is 0. The lowest BCUT2D eigenvalue weighted by Crippen LogP contribution is -2.39. The Kier molecular flexibility index (Phi) is 6.70. The van der Waals surface area contributed by atoms with E-state index in [9.17, 15) is 0 Å². The van der Waals surface area contributed by atoms with Crippen molar-refractivity contribution < 1.29 is 0 Å². The molecule has 20 heavy (non-hydrogen) atoms. The van der Waals surface area contributed by atoms with Crippen LogP contribution < -0.4 is 5.32 Å². The highest BCUT2D eigenvalue weighted by molar-refractivity contribution is 5.36. The van der Waals surface area contributed by atoms with E-state index in [1.807, 2.05) is 0 Å². The molecule has 0 aliphatic carbocycles. The van der Waals surface area contributed by atoms with Crippen LogP contribution in [-0.2, 0) is 6.54 Å². The second-order valence-electron chi connectivity index (χ2n) is 6.83. The van der Waals surface area contributed by atoms with Crippen LogP contribution in [-0.4, -0.2) is 31.6 Å². The molecule has 0 bridgehead atoms. The quantitative estimate of drug-likeness (QED) is 0.817. The van der Waals surface area contributed by atoms with Gasteiger partial charge in [0.1, 0.15) is 0 Å². The van der Waals surface area contributed by atoms with E-state index in [1.54, 1.807) is 0 Å². The van der Waals surface area contributed by atoms with Gasteiger partial charge in [0, 0.05) is 19.1 Å². The molecule has 0 saturated carbocycles. The minimum absolute atomic E-state index is 0.561. The van der Waals surface area contributed by atoms with Gasteiger partial charge in [0.05, 0.1) is 0 Å². The zero-order chi connectivity index (χ0) is 15.3. The number of hydrogen-bond acceptors (Lipinski definition) is 2. The molecule has 0 saturated heterocycles. The topological polar surface area (TPSA) is 15.3 Å². The first-order valence-corrected chi connectivity index (χ1v) is 7.74. The summed E-state index contributed by atoms with van der Waals surface area (Å²) in [7, 11) is 4.30. The largest absolute Gasteiger partial charge is 0.309 e. The van der Waals surface area contributed by atoms with Crippen molar-refractivity contribution in [2.45, 2.75) is 53.6 Å². The van der Waals surface area contributed by atoms with Crippen LogP contribution in [0.1, 0.15) is 42.5 Å². The molecule has 0 aliphatic heterocycles. The van der Waals surface area contributed by atoms with E-state index in [2.05, 4.69) is 71.1 Å². The van der Waals surface area contributed by atoms with Gasteiger partial charge in [0.2, 0.25) is 0 Å². The maximum atomic E-state index is 3.74. The normalized spacial score (nSPS) is 13.2. The van der Waals surface area contributed by atoms with Crippen LogP contribution in [0.15, 0.2) is 12.1 Å². The highest BCUT2D eigenvalue weighted by Crippen LogP contribution is 2.16. The highest BCUT2D eigenvalue weighted by atomic mass is 15.1. The number of aryl methyl sites for hydroxylation is 3. The number of nitrogens with one attached hydrogen (secondary N) is 1. The van der Waals surface area contributed by atoms with Crippen LogP contribution >= 0.6 is 0 Å². The molecule has 0 heterocycles. The van der Waals surface area contributed by atoms with Crippen LogP contribution in [0.2, 0.25) is 0 Å². The van der Waals surface area contributed by atoms with Crippen LogP contribution in [0.5, 0.6) is 0 Å². The van der Waals surface area contributed by atoms with E-state index in [0.29, 0.717) is 6.04 Å². The van der Waals surface area contributed by atoms with Crippen molar-refractivity contribution in [3.8, 4) is 0 Å². The molecule has 0 fully saturated rings. The fourth-order valence-electron chi connectivity index (χ4n) is 2.70. The zero-order valence-corrected chi connectivity index (χ0v) is 14.4. The standard InChI is InChI=1S/C18H32N2/c1-13(2)8-18(12-20(6)7)19-11-17-10-15(4)14(3)9-16(17)5/h9-10,13,18-19H,8,11-12H2,1-7H3. The molecule has 0 amide bonds. The van der Waals surface area contributed by atoms with Crippen molar-refractivity contribution in [2.75, 3.05) is 20.6 Å². The number of likely N-dealkylation sites (N-methyl/N-ethyl adjacent to an activating group) is 1. The lowest BCUT2D eigenvalue weighted by molar-refractivity contribution is 0.305. The molecule has 1 rings (SSSR count). The van der Waals surface area contributed by atoms with Crippen molar-refractivity contribution in [3.05, 3.63) is 34.4 Å². The molecular formula is C18H32N2. The summed E-state index contributed by atoms with van der Waals surface area (Å²) in [6.07, 6.45) is 1.22. The van der Waals surface area contributed by atoms with Crippen molar-refractivity contribution >= 4 is 0 Å². The van der Waals surface area contributed by atoms with Gasteiger partial charge in [0.25, 0.3) is 0 Å². The van der Waals surface area contributed by atoms with E-state index in [4.69, 9.17) is 0 Å². The summed E-state index contributed by atoms with van der Waals surface area (Å²) in [5, 5.41) is 3.74. The van der Waals surface area contributed by atoms with E-state index < -0.39 is 0 Å². The molecule has 1 aromatic rings. The summed E-state index contributed by atoms with van der Waals surface area (Å²) in [4.78, 5) is 2.27. The van der Waals surface area contributed by atoms with Crippen LogP contribution in [0, 0.1) is 26.7 Å². The van der Waals surface area contributed by atoms with Gasteiger partial charge in [-0.2, -0.15) is 0 Å². The summed E-state index contributed by atoms with van der Waals surface area (Å²) in [5.41, 5.74) is 5.60. The summed E-state index contributed by atoms with van der Waals surface area (Å²) in [6, 6.07) is 5.20. The monoisotopic (exact) mass is 276 g/mol. The SMILES string of the molecule is Cc1cc(C)c(CNC(CC(C)C)CN(C)C)cc1C. The molecule has 0 spiro atoms. The molecule has 1 N–H and O–H groups in total. The Morgan fingerprint density at radius 2 is 1.60 bits per heavy atom. The first kappa shape index (κ1) is 17.2. The third-order valence-electron chi connectivity index (χ3n) is 3.87. The Morgan fingerprint density at radius 1 is 1.00 bits per heavy atom. The van der Waals surface area contributed by atoms with Crippen molar-refractivity contribution in [1.29, 1.82) is 0 Å². The van der Waals surface area contributed by atoms with E-state index >= 15 is 0 Å². The maximum Gasteiger partial charge on any atom is 0.0211 e. The third kappa shape index (κ3) is 5.64. The van der Waals surface area contributed by atoms with E-state index in [1.165, 1.54) is 28.7 Å². The number of rotatable bonds is 7. The Bertz CT molecular complexity index is 412. The van der Waals surface area contributed by atoms with Gasteiger partial charge in [-0.15, -0.1) is 0 Å². The Hall–Kier alpha value is -0.860. The second-order valence-corrected chi connectivity index (χ2v) is 6.83. The average Bonchev–Trinajstić information content (AvgIpc) is 2.30. The molecule has 0 aliphatic rings. The van der Waals surface area contributed by atoms with Crippen LogP contribution in [0.25, 0.3) is 0 Å². The van der Waals surface area contributed by atoms with E-state index in [-0.39, 0.29) is 0 Å². The summed E-state index contributed by atoms with van der Waals surface area (Å²) in [6.45, 7) is 13.3. The number of hydrogen-bond donors (Lipinski definition) is 1. The molecule has 0 radical (unpaired) electrons. The smallest absolute Gasteiger partial charge is 0.0211 e. The first-order valence-electron chi connectivity index (χ1n) is 7.74. The second kappa shape index (κ2) is 7.80. The van der Waals surface area contributed by atoms with Gasteiger partial charge in [-0.25, -0.2) is 0 Å². The summed E-state index contributed by atoms with van der Waals surface area (Å²) in [5.74, 6) is 0.730. The van der Waals surface area contributed by atoms with Gasteiger partial charge >= 0.3 is 0 Å². The predicted octanol–water partition coefficient (Wildman–Crippen LogP) is 3.68. The molecule has 1 unspecified atom stereocenters. The minimum atomic E-state index is 0.561. The van der Waals surface area contributed by atoms with Crippen LogP contribution in [0.3, 0.4) is 0 Å². The predicted molar refractivity (Wildman–Crippen MR) is 89.3 cm³/mol. The fourth-order valence-corrected chi connectivity index (χ4v) is 2.70. The van der Waals surface area contributed by atoms with Gasteiger partial charge in [-0.1, -0.05) is 26.0 Å². The lowest BCUT2D eigenvalue weighted by atomic mass is 9.99. The molecule has 1 atom stereocenters.